The Balaban J connectivity index is 0.00000112. The molecule has 0 bridgehead atoms. The van der Waals surface area contributed by atoms with Gasteiger partial charge in [0.2, 0.25) is 0 Å². The molecule has 0 atom stereocenters. The lowest BCUT2D eigenvalue weighted by molar-refractivity contribution is 0.266. The van der Waals surface area contributed by atoms with Crippen molar-refractivity contribution >= 4 is 24.2 Å². The molecule has 0 N–H and O–H groups in total. The monoisotopic (exact) mass is 243 g/mol. The molecule has 2 rings (SSSR count). The molecule has 15 heavy (non-hydrogen) atoms. The maximum atomic E-state index is 2.56. The summed E-state index contributed by atoms with van der Waals surface area (Å²) in [5.41, 5.74) is 0. The van der Waals surface area contributed by atoms with Crippen molar-refractivity contribution in [3.8, 4) is 0 Å². The summed E-state index contributed by atoms with van der Waals surface area (Å²) in [6, 6.07) is 10.7. The van der Waals surface area contributed by atoms with Crippen molar-refractivity contribution in [3.63, 3.8) is 0 Å². The third-order valence-corrected chi connectivity index (χ3v) is 3.71. The summed E-state index contributed by atoms with van der Waals surface area (Å²) >= 11 is 1.95. The van der Waals surface area contributed by atoms with Gasteiger partial charge in [0.25, 0.3) is 0 Å². The second kappa shape index (κ2) is 7.15. The summed E-state index contributed by atoms with van der Waals surface area (Å²) < 4.78 is 0. The van der Waals surface area contributed by atoms with Gasteiger partial charge in [-0.3, -0.25) is 4.90 Å². The molecule has 1 nitrogen and oxygen atoms in total. The van der Waals surface area contributed by atoms with E-state index in [2.05, 4.69) is 35.2 Å². The molecular weight excluding hydrogens is 226 g/mol. The minimum absolute atomic E-state index is 0. The largest absolute Gasteiger partial charge is 0.294 e. The third kappa shape index (κ3) is 4.45. The van der Waals surface area contributed by atoms with Crippen LogP contribution in [-0.4, -0.2) is 23.9 Å². The van der Waals surface area contributed by atoms with E-state index >= 15 is 0 Å². The van der Waals surface area contributed by atoms with E-state index in [1.807, 2.05) is 11.8 Å². The van der Waals surface area contributed by atoms with Crippen molar-refractivity contribution < 1.29 is 0 Å². The van der Waals surface area contributed by atoms with E-state index in [-0.39, 0.29) is 12.4 Å². The normalized spacial score (nSPS) is 17.1. The second-order valence-corrected chi connectivity index (χ2v) is 4.78. The summed E-state index contributed by atoms with van der Waals surface area (Å²) in [7, 11) is 0. The summed E-state index contributed by atoms with van der Waals surface area (Å²) in [5.74, 6) is 1.16. The summed E-state index contributed by atoms with van der Waals surface area (Å²) in [4.78, 5) is 3.94. The molecule has 0 radical (unpaired) electrons. The predicted octanol–water partition coefficient (Wildman–Crippen LogP) is 3.64. The quantitative estimate of drug-likeness (QED) is 0.746. The van der Waals surface area contributed by atoms with Gasteiger partial charge in [-0.15, -0.1) is 24.2 Å². The highest BCUT2D eigenvalue weighted by atomic mass is 35.5. The summed E-state index contributed by atoms with van der Waals surface area (Å²) in [5, 5.41) is 0. The third-order valence-electron chi connectivity index (χ3n) is 2.61. The Morgan fingerprint density at radius 2 is 1.67 bits per heavy atom. The molecule has 1 fully saturated rings. The van der Waals surface area contributed by atoms with Gasteiger partial charge in [-0.25, -0.2) is 0 Å². The minimum atomic E-state index is 0. The smallest absolute Gasteiger partial charge is 0.0491 e. The van der Waals surface area contributed by atoms with Crippen molar-refractivity contribution in [2.75, 3.05) is 19.0 Å². The van der Waals surface area contributed by atoms with Crippen LogP contribution in [0.15, 0.2) is 35.2 Å². The van der Waals surface area contributed by atoms with Gasteiger partial charge in [0.1, 0.15) is 0 Å². The number of rotatable bonds is 3. The summed E-state index contributed by atoms with van der Waals surface area (Å²) in [6.07, 6.45) is 4.19. The summed E-state index contributed by atoms with van der Waals surface area (Å²) in [6.45, 7) is 2.58. The number of hydrogen-bond acceptors (Lipinski definition) is 2. The van der Waals surface area contributed by atoms with Crippen LogP contribution in [0, 0.1) is 0 Å². The van der Waals surface area contributed by atoms with E-state index in [4.69, 9.17) is 0 Å². The molecule has 1 aliphatic rings. The Hall–Kier alpha value is -0.180. The van der Waals surface area contributed by atoms with Gasteiger partial charge >= 0.3 is 0 Å². The van der Waals surface area contributed by atoms with Gasteiger partial charge in [-0.1, -0.05) is 24.6 Å². The van der Waals surface area contributed by atoms with E-state index in [1.54, 1.807) is 0 Å². The van der Waals surface area contributed by atoms with E-state index in [9.17, 15) is 0 Å². The van der Waals surface area contributed by atoms with Crippen LogP contribution in [0.2, 0.25) is 0 Å². The van der Waals surface area contributed by atoms with Gasteiger partial charge in [-0.2, -0.15) is 0 Å². The van der Waals surface area contributed by atoms with Gasteiger partial charge in [0.15, 0.2) is 0 Å². The number of benzene rings is 1. The molecule has 84 valence electrons. The number of piperidine rings is 1. The predicted molar refractivity (Wildman–Crippen MR) is 69.8 cm³/mol. The van der Waals surface area contributed by atoms with Crippen LogP contribution in [0.3, 0.4) is 0 Å². The maximum Gasteiger partial charge on any atom is 0.0491 e. The molecule has 0 amide bonds. The van der Waals surface area contributed by atoms with Crippen molar-refractivity contribution in [2.45, 2.75) is 24.2 Å². The molecule has 1 heterocycles. The van der Waals surface area contributed by atoms with Crippen molar-refractivity contribution in [2.24, 2.45) is 0 Å². The van der Waals surface area contributed by atoms with Crippen LogP contribution in [0.25, 0.3) is 0 Å². The zero-order valence-corrected chi connectivity index (χ0v) is 10.5. The lowest BCUT2D eigenvalue weighted by Crippen LogP contribution is -2.29. The molecule has 0 aliphatic carbocycles. The number of nitrogens with zero attached hydrogens (tertiary/aromatic N) is 1. The zero-order chi connectivity index (χ0) is 9.64. The van der Waals surface area contributed by atoms with E-state index < -0.39 is 0 Å². The van der Waals surface area contributed by atoms with Crippen LogP contribution in [-0.2, 0) is 0 Å². The Bertz CT molecular complexity index is 260. The van der Waals surface area contributed by atoms with Gasteiger partial charge in [0.05, 0.1) is 0 Å². The first-order chi connectivity index (χ1) is 6.95. The fraction of sp³-hybridized carbons (Fsp3) is 0.500. The molecule has 3 heteroatoms. The molecule has 1 aliphatic heterocycles. The van der Waals surface area contributed by atoms with E-state index in [1.165, 1.54) is 37.2 Å². The SMILES string of the molecule is Cl.c1ccc(SCN2CCCCC2)cc1. The lowest BCUT2D eigenvalue weighted by atomic mass is 10.1. The lowest BCUT2D eigenvalue weighted by Gasteiger charge is -2.25. The first kappa shape index (κ1) is 12.9. The Labute approximate surface area is 103 Å². The van der Waals surface area contributed by atoms with Crippen LogP contribution in [0.5, 0.6) is 0 Å². The first-order valence-electron chi connectivity index (χ1n) is 5.35. The van der Waals surface area contributed by atoms with Crippen LogP contribution in [0.1, 0.15) is 19.3 Å². The van der Waals surface area contributed by atoms with E-state index in [0.717, 1.165) is 5.88 Å². The standard InChI is InChI=1S/C12H17NS.ClH/c1-3-7-12(8-4-1)14-11-13-9-5-2-6-10-13;/h1,3-4,7-8H,2,5-6,9-11H2;1H. The molecular formula is C12H18ClNS. The van der Waals surface area contributed by atoms with Gasteiger partial charge in [0, 0.05) is 10.8 Å². The average Bonchev–Trinajstić information content (AvgIpc) is 2.29. The highest BCUT2D eigenvalue weighted by molar-refractivity contribution is 7.99. The number of halogens is 1. The number of likely N-dealkylation sites (tertiary alicyclic amines) is 1. The fourth-order valence-electron chi connectivity index (χ4n) is 1.77. The molecule has 0 spiro atoms. The number of hydrogen-bond donors (Lipinski definition) is 0. The van der Waals surface area contributed by atoms with Crippen molar-refractivity contribution in [3.05, 3.63) is 30.3 Å². The molecule has 1 aromatic carbocycles. The molecule has 1 aromatic rings. The zero-order valence-electron chi connectivity index (χ0n) is 8.89. The molecule has 0 unspecified atom stereocenters. The fourth-order valence-corrected chi connectivity index (χ4v) is 2.71. The maximum absolute atomic E-state index is 2.56. The van der Waals surface area contributed by atoms with Gasteiger partial charge < -0.3 is 0 Å². The molecule has 0 aromatic heterocycles. The van der Waals surface area contributed by atoms with Gasteiger partial charge in [-0.05, 0) is 38.1 Å². The highest BCUT2D eigenvalue weighted by Gasteiger charge is 2.09. The Kier molecular flexibility index (Phi) is 6.15. The van der Waals surface area contributed by atoms with E-state index in [0.29, 0.717) is 0 Å². The Morgan fingerprint density at radius 1 is 1.00 bits per heavy atom. The van der Waals surface area contributed by atoms with Crippen molar-refractivity contribution in [1.29, 1.82) is 0 Å². The Morgan fingerprint density at radius 3 is 2.33 bits per heavy atom. The average molecular weight is 244 g/mol. The first-order valence-corrected chi connectivity index (χ1v) is 6.34. The molecule has 0 saturated carbocycles. The molecule has 1 saturated heterocycles. The van der Waals surface area contributed by atoms with Crippen molar-refractivity contribution in [1.82, 2.24) is 4.90 Å². The second-order valence-electron chi connectivity index (χ2n) is 3.77. The van der Waals surface area contributed by atoms with Crippen LogP contribution >= 0.6 is 24.2 Å². The topological polar surface area (TPSA) is 3.24 Å². The minimum Gasteiger partial charge on any atom is -0.294 e. The number of thioether (sulfide) groups is 1. The van der Waals surface area contributed by atoms with Crippen LogP contribution in [0.4, 0.5) is 0 Å². The van der Waals surface area contributed by atoms with Crippen LogP contribution < -0.4 is 0 Å². The highest BCUT2D eigenvalue weighted by Crippen LogP contribution is 2.20.